The van der Waals surface area contributed by atoms with Crippen LogP contribution >= 0.6 is 0 Å². The lowest BCUT2D eigenvalue weighted by atomic mass is 9.96. The quantitative estimate of drug-likeness (QED) is 0.166. The molecule has 0 spiro atoms. The van der Waals surface area contributed by atoms with Crippen molar-refractivity contribution in [2.24, 2.45) is 9.98 Å². The van der Waals surface area contributed by atoms with Gasteiger partial charge in [0.15, 0.2) is 0 Å². The van der Waals surface area contributed by atoms with Crippen molar-refractivity contribution in [3.05, 3.63) is 201 Å². The van der Waals surface area contributed by atoms with E-state index in [1.165, 1.54) is 0 Å². The topological polar surface area (TPSA) is 93.2 Å². The summed E-state index contributed by atoms with van der Waals surface area (Å²) in [6.07, 6.45) is 10.4. The van der Waals surface area contributed by atoms with Crippen molar-refractivity contribution in [2.75, 3.05) is 28.4 Å². The van der Waals surface area contributed by atoms with E-state index in [1.807, 2.05) is 48.5 Å². The summed E-state index contributed by atoms with van der Waals surface area (Å²) in [6, 6.07) is 38.9. The Morgan fingerprint density at radius 1 is 0.393 bits per heavy atom. The second-order valence-electron chi connectivity index (χ2n) is 13.4. The predicted octanol–water partition coefficient (Wildman–Crippen LogP) is 8.03. The zero-order valence-electron chi connectivity index (χ0n) is 31.4. The molecule has 3 aliphatic rings. The fourth-order valence-corrected chi connectivity index (χ4v) is 7.47. The van der Waals surface area contributed by atoms with Crippen LogP contribution in [0.5, 0.6) is 23.0 Å². The monoisotopic (exact) mass is 734 g/mol. The summed E-state index contributed by atoms with van der Waals surface area (Å²) in [4.78, 5) is 18.2. The van der Waals surface area contributed by atoms with Crippen molar-refractivity contribution >= 4 is 33.7 Å². The molecule has 0 fully saturated rings. The molecule has 2 aromatic heterocycles. The predicted molar refractivity (Wildman–Crippen MR) is 223 cm³/mol. The molecule has 56 heavy (non-hydrogen) atoms. The summed E-state index contributed by atoms with van der Waals surface area (Å²) in [7, 11) is 6.71. The number of benzene rings is 4. The van der Waals surface area contributed by atoms with E-state index < -0.39 is 0 Å². The number of fused-ring (bicyclic) bond motifs is 6. The number of methoxy groups -OCH3 is 4. The van der Waals surface area contributed by atoms with E-state index in [9.17, 15) is 0 Å². The molecular weight excluding hydrogens is 697 g/mol. The first-order valence-corrected chi connectivity index (χ1v) is 18.3. The van der Waals surface area contributed by atoms with Gasteiger partial charge in [0.2, 0.25) is 0 Å². The smallest absolute Gasteiger partial charge is 0.118 e. The lowest BCUT2D eigenvalue weighted by Crippen LogP contribution is -2.19. The summed E-state index contributed by atoms with van der Waals surface area (Å²) in [6.45, 7) is 0. The number of allylic oxidation sites excluding steroid dienone is 5. The minimum Gasteiger partial charge on any atom is -0.497 e. The molecule has 0 saturated heterocycles. The van der Waals surface area contributed by atoms with Gasteiger partial charge in [0.1, 0.15) is 23.0 Å². The van der Waals surface area contributed by atoms with Crippen molar-refractivity contribution in [3.63, 3.8) is 0 Å². The molecule has 0 aliphatic carbocycles. The first kappa shape index (κ1) is 34.4. The molecule has 8 nitrogen and oxygen atoms in total. The third kappa shape index (κ3) is 6.27. The van der Waals surface area contributed by atoms with E-state index >= 15 is 0 Å². The molecule has 3 aliphatic heterocycles. The minimum atomic E-state index is 0.774. The zero-order valence-corrected chi connectivity index (χ0v) is 31.4. The molecule has 0 saturated carbocycles. The second kappa shape index (κ2) is 14.5. The molecule has 9 rings (SSSR count). The molecule has 0 radical (unpaired) electrons. The molecule has 0 atom stereocenters. The maximum Gasteiger partial charge on any atom is 0.118 e. The summed E-state index contributed by atoms with van der Waals surface area (Å²) in [5.74, 6) is 3.12. The van der Waals surface area contributed by atoms with Gasteiger partial charge in [-0.1, -0.05) is 48.5 Å². The largest absolute Gasteiger partial charge is 0.497 e. The van der Waals surface area contributed by atoms with Crippen molar-refractivity contribution in [1.29, 1.82) is 0 Å². The number of ether oxygens (including phenoxy) is 4. The summed E-state index contributed by atoms with van der Waals surface area (Å²) < 4.78 is 22.1. The summed E-state index contributed by atoms with van der Waals surface area (Å²) in [5, 5.41) is 1.87. The highest BCUT2D eigenvalue weighted by molar-refractivity contribution is 6.35. The molecule has 5 heterocycles. The number of hydrogen-bond donors (Lipinski definition) is 2. The summed E-state index contributed by atoms with van der Waals surface area (Å²) in [5.41, 5.74) is 13.0. The standard InChI is InChI=1S/C48H38N4O4/c1-53-34-13-5-29(6-14-34)45-33-27-44(49-28-33)48(32-11-19-37(56-4)20-12-32)43-26-25-42(52-43)47(31-9-17-36(55-3)18-10-31)41-24-23-40(51-41)46(39-22-21-38(45)50-39)30-7-15-35(54-2)16-8-30/h5-28,49-50H,1-4H3. The van der Waals surface area contributed by atoms with Crippen molar-refractivity contribution in [2.45, 2.75) is 0 Å². The Morgan fingerprint density at radius 3 is 1.27 bits per heavy atom. The van der Waals surface area contributed by atoms with Crippen LogP contribution in [-0.2, 0) is 0 Å². The highest BCUT2D eigenvalue weighted by Crippen LogP contribution is 2.37. The van der Waals surface area contributed by atoms with Gasteiger partial charge in [-0.3, -0.25) is 0 Å². The maximum absolute atomic E-state index is 5.54. The number of hydrogen-bond acceptors (Lipinski definition) is 6. The first-order valence-electron chi connectivity index (χ1n) is 18.3. The van der Waals surface area contributed by atoms with Crippen LogP contribution in [-0.4, -0.2) is 49.8 Å². The fraction of sp³-hybridized carbons (Fsp3) is 0.0833. The third-order valence-corrected chi connectivity index (χ3v) is 10.3. The molecule has 6 aromatic rings. The highest BCUT2D eigenvalue weighted by Gasteiger charge is 2.24. The average molecular weight is 735 g/mol. The number of nitrogens with zero attached hydrogens (tertiary/aromatic N) is 2. The molecule has 274 valence electrons. The van der Waals surface area contributed by atoms with Gasteiger partial charge in [0.25, 0.3) is 0 Å². The lowest BCUT2D eigenvalue weighted by Gasteiger charge is -2.12. The van der Waals surface area contributed by atoms with Gasteiger partial charge >= 0.3 is 0 Å². The van der Waals surface area contributed by atoms with Crippen LogP contribution in [0.3, 0.4) is 0 Å². The van der Waals surface area contributed by atoms with Gasteiger partial charge < -0.3 is 28.9 Å². The lowest BCUT2D eigenvalue weighted by molar-refractivity contribution is 0.414. The van der Waals surface area contributed by atoms with Gasteiger partial charge in [-0.2, -0.15) is 0 Å². The molecule has 8 bridgehead atoms. The number of nitrogens with one attached hydrogen (secondary N) is 2. The molecule has 4 aromatic carbocycles. The van der Waals surface area contributed by atoms with E-state index in [4.69, 9.17) is 28.9 Å². The van der Waals surface area contributed by atoms with Gasteiger partial charge in [0.05, 0.1) is 51.3 Å². The van der Waals surface area contributed by atoms with Crippen LogP contribution in [0.15, 0.2) is 167 Å². The fourth-order valence-electron chi connectivity index (χ4n) is 7.47. The highest BCUT2D eigenvalue weighted by atomic mass is 16.5. The molecule has 2 N–H and O–H groups in total. The van der Waals surface area contributed by atoms with Crippen LogP contribution < -0.4 is 29.6 Å². The Labute approximate surface area is 324 Å². The first-order chi connectivity index (χ1) is 27.5. The Kier molecular flexibility index (Phi) is 8.91. The molecule has 0 unspecified atom stereocenters. The number of aromatic amines is 2. The summed E-state index contributed by atoms with van der Waals surface area (Å²) >= 11 is 0. The Morgan fingerprint density at radius 2 is 0.786 bits per heavy atom. The van der Waals surface area contributed by atoms with E-state index in [2.05, 4.69) is 107 Å². The molecule has 0 amide bonds. The van der Waals surface area contributed by atoms with E-state index in [0.717, 1.165) is 112 Å². The van der Waals surface area contributed by atoms with Gasteiger partial charge in [0, 0.05) is 50.4 Å². The SMILES string of the molecule is COc1ccc(C2=C3C=CC(=N3)C(c3ccc(OC)cc3)=c3ccc([nH]3)=C(c3ccc(OC)cc3)c3c[nH]c(c3)C(c3ccc(OC)cc3)=C3C=CC2=N3)cc1. The second-order valence-corrected chi connectivity index (χ2v) is 13.4. The normalized spacial score (nSPS) is 14.6. The number of rotatable bonds is 8. The van der Waals surface area contributed by atoms with E-state index in [0.29, 0.717) is 0 Å². The van der Waals surface area contributed by atoms with Crippen LogP contribution in [0.25, 0.3) is 22.3 Å². The van der Waals surface area contributed by atoms with Crippen LogP contribution in [0.2, 0.25) is 0 Å². The Bertz CT molecular complexity index is 2790. The van der Waals surface area contributed by atoms with E-state index in [1.54, 1.807) is 28.4 Å². The average Bonchev–Trinajstić information content (AvgIpc) is 4.10. The molecule has 8 heteroatoms. The van der Waals surface area contributed by atoms with Gasteiger partial charge in [-0.15, -0.1) is 0 Å². The zero-order chi connectivity index (χ0) is 38.2. The Balaban J connectivity index is 1.38. The van der Waals surface area contributed by atoms with Crippen LogP contribution in [0, 0.1) is 0 Å². The Hall–Kier alpha value is -7.32. The number of H-pyrrole nitrogens is 2. The van der Waals surface area contributed by atoms with Gasteiger partial charge in [-0.25, -0.2) is 9.98 Å². The minimum absolute atomic E-state index is 0.774. The van der Waals surface area contributed by atoms with Crippen LogP contribution in [0.1, 0.15) is 33.5 Å². The maximum atomic E-state index is 5.54. The van der Waals surface area contributed by atoms with Crippen LogP contribution in [0.4, 0.5) is 0 Å². The molecular formula is C48H38N4O4. The van der Waals surface area contributed by atoms with Crippen molar-refractivity contribution < 1.29 is 18.9 Å². The third-order valence-electron chi connectivity index (χ3n) is 10.3. The van der Waals surface area contributed by atoms with Gasteiger partial charge in [-0.05, 0) is 113 Å². The number of aliphatic imine (C=N–C) groups is 2. The van der Waals surface area contributed by atoms with E-state index in [-0.39, 0.29) is 0 Å². The van der Waals surface area contributed by atoms with Crippen molar-refractivity contribution in [1.82, 2.24) is 9.97 Å². The van der Waals surface area contributed by atoms with Crippen molar-refractivity contribution in [3.8, 4) is 23.0 Å². The number of aromatic nitrogens is 2.